The molecular weight excluding hydrogens is 242 g/mol. The van der Waals surface area contributed by atoms with Gasteiger partial charge in [-0.1, -0.05) is 13.8 Å². The molecule has 0 aromatic carbocycles. The van der Waals surface area contributed by atoms with Gasteiger partial charge in [-0.25, -0.2) is 0 Å². The molecule has 3 rings (SSSR count). The van der Waals surface area contributed by atoms with E-state index in [-0.39, 0.29) is 11.5 Å². The maximum atomic E-state index is 10.5. The number of aliphatic hydroxyl groups is 1. The zero-order valence-corrected chi connectivity index (χ0v) is 12.6. The number of nitrogens with one attached hydrogen (secondary N) is 1. The lowest BCUT2D eigenvalue weighted by molar-refractivity contribution is 0.0168. The zero-order valence-electron chi connectivity index (χ0n) is 11.7. The summed E-state index contributed by atoms with van der Waals surface area (Å²) in [5.41, 5.74) is 0.559. The third kappa shape index (κ3) is 1.85. The summed E-state index contributed by atoms with van der Waals surface area (Å²) in [7, 11) is 0. The number of rotatable bonds is 4. The molecule has 1 saturated heterocycles. The second-order valence-corrected chi connectivity index (χ2v) is 8.20. The fraction of sp³-hybridized carbons (Fsp3) is 1.00. The van der Waals surface area contributed by atoms with Crippen LogP contribution in [0.25, 0.3) is 0 Å². The lowest BCUT2D eigenvalue weighted by atomic mass is 9.70. The van der Waals surface area contributed by atoms with Crippen LogP contribution in [-0.2, 0) is 0 Å². The Labute approximate surface area is 115 Å². The van der Waals surface area contributed by atoms with Crippen molar-refractivity contribution in [1.29, 1.82) is 0 Å². The van der Waals surface area contributed by atoms with Crippen LogP contribution in [0.1, 0.15) is 46.0 Å². The van der Waals surface area contributed by atoms with Crippen molar-refractivity contribution in [3.8, 4) is 0 Å². The van der Waals surface area contributed by atoms with Gasteiger partial charge < -0.3 is 10.4 Å². The van der Waals surface area contributed by atoms with Crippen LogP contribution in [0, 0.1) is 16.7 Å². The third-order valence-corrected chi connectivity index (χ3v) is 7.59. The van der Waals surface area contributed by atoms with Gasteiger partial charge in [0.2, 0.25) is 0 Å². The average Bonchev–Trinajstić information content (AvgIpc) is 2.95. The molecule has 104 valence electrons. The minimum Gasteiger partial charge on any atom is -0.392 e. The summed E-state index contributed by atoms with van der Waals surface area (Å²) >= 11 is 2.08. The van der Waals surface area contributed by atoms with Crippen LogP contribution in [0.4, 0.5) is 0 Å². The SMILES string of the molecule is CC1(C)[C@@H]2CC[C@@]1(CSC[C@@H]1CCCN1)C(O)C2. The van der Waals surface area contributed by atoms with Crippen LogP contribution in [-0.4, -0.2) is 35.3 Å². The predicted octanol–water partition coefficient (Wildman–Crippen LogP) is 2.66. The summed E-state index contributed by atoms with van der Waals surface area (Å²) < 4.78 is 0. The summed E-state index contributed by atoms with van der Waals surface area (Å²) in [5, 5.41) is 14.0. The minimum atomic E-state index is -0.0460. The molecule has 0 aromatic heterocycles. The average molecular weight is 269 g/mol. The molecule has 3 aliphatic rings. The van der Waals surface area contributed by atoms with E-state index in [0.29, 0.717) is 5.41 Å². The first-order chi connectivity index (χ1) is 8.56. The molecule has 2 saturated carbocycles. The maximum absolute atomic E-state index is 10.5. The summed E-state index contributed by atoms with van der Waals surface area (Å²) in [6, 6.07) is 0.727. The Kier molecular flexibility index (Phi) is 3.44. The van der Waals surface area contributed by atoms with Gasteiger partial charge in [0.25, 0.3) is 0 Å². The van der Waals surface area contributed by atoms with E-state index in [1.54, 1.807) is 0 Å². The highest BCUT2D eigenvalue weighted by Crippen LogP contribution is 2.66. The van der Waals surface area contributed by atoms with E-state index in [2.05, 4.69) is 30.9 Å². The van der Waals surface area contributed by atoms with Crippen molar-refractivity contribution in [3.05, 3.63) is 0 Å². The minimum absolute atomic E-state index is 0.0460. The van der Waals surface area contributed by atoms with Gasteiger partial charge in [-0.15, -0.1) is 0 Å². The largest absolute Gasteiger partial charge is 0.392 e. The monoisotopic (exact) mass is 269 g/mol. The van der Waals surface area contributed by atoms with Crippen molar-refractivity contribution in [1.82, 2.24) is 5.32 Å². The first kappa shape index (κ1) is 13.3. The molecule has 1 unspecified atom stereocenters. The molecule has 2 N–H and O–H groups in total. The zero-order chi connectivity index (χ0) is 12.8. The molecule has 2 aliphatic carbocycles. The van der Waals surface area contributed by atoms with Gasteiger partial charge in [-0.3, -0.25) is 0 Å². The van der Waals surface area contributed by atoms with E-state index in [1.807, 2.05) is 0 Å². The molecule has 0 amide bonds. The molecule has 1 aliphatic heterocycles. The smallest absolute Gasteiger partial charge is 0.0612 e. The van der Waals surface area contributed by atoms with Crippen LogP contribution < -0.4 is 5.32 Å². The fourth-order valence-electron chi connectivity index (χ4n) is 4.66. The van der Waals surface area contributed by atoms with E-state index >= 15 is 0 Å². The number of thioether (sulfide) groups is 1. The van der Waals surface area contributed by atoms with E-state index < -0.39 is 0 Å². The number of fused-ring (bicyclic) bond motifs is 2. The second-order valence-electron chi connectivity index (χ2n) is 7.17. The van der Waals surface area contributed by atoms with Crippen LogP contribution in [0.2, 0.25) is 0 Å². The van der Waals surface area contributed by atoms with Gasteiger partial charge in [0.1, 0.15) is 0 Å². The summed E-state index contributed by atoms with van der Waals surface area (Å²) in [5.74, 6) is 3.16. The van der Waals surface area contributed by atoms with Crippen molar-refractivity contribution in [2.24, 2.45) is 16.7 Å². The molecule has 0 aromatic rings. The Balaban J connectivity index is 1.60. The van der Waals surface area contributed by atoms with Gasteiger partial charge in [-0.05, 0) is 50.0 Å². The Morgan fingerprint density at radius 2 is 2.17 bits per heavy atom. The molecule has 18 heavy (non-hydrogen) atoms. The lowest BCUT2D eigenvalue weighted by Crippen LogP contribution is -2.41. The van der Waals surface area contributed by atoms with Crippen molar-refractivity contribution >= 4 is 11.8 Å². The van der Waals surface area contributed by atoms with Crippen molar-refractivity contribution in [2.75, 3.05) is 18.1 Å². The molecule has 0 spiro atoms. The Morgan fingerprint density at radius 3 is 2.72 bits per heavy atom. The third-order valence-electron chi connectivity index (χ3n) is 6.23. The molecule has 3 heteroatoms. The van der Waals surface area contributed by atoms with Gasteiger partial charge in [0.05, 0.1) is 6.10 Å². The van der Waals surface area contributed by atoms with Crippen LogP contribution in [0.5, 0.6) is 0 Å². The number of hydrogen-bond donors (Lipinski definition) is 2. The Bertz CT molecular complexity index is 314. The van der Waals surface area contributed by atoms with Crippen LogP contribution >= 0.6 is 11.8 Å². The first-order valence-corrected chi connectivity index (χ1v) is 8.71. The highest BCUT2D eigenvalue weighted by Gasteiger charge is 2.63. The highest BCUT2D eigenvalue weighted by atomic mass is 32.2. The quantitative estimate of drug-likeness (QED) is 0.823. The molecular formula is C15H27NOS. The Morgan fingerprint density at radius 1 is 1.33 bits per heavy atom. The Hall–Kier alpha value is 0.270. The molecule has 2 nitrogen and oxygen atoms in total. The fourth-order valence-corrected chi connectivity index (χ4v) is 6.42. The summed E-state index contributed by atoms with van der Waals surface area (Å²) in [4.78, 5) is 0. The van der Waals surface area contributed by atoms with Crippen LogP contribution in [0.15, 0.2) is 0 Å². The lowest BCUT2D eigenvalue weighted by Gasteiger charge is -2.40. The maximum Gasteiger partial charge on any atom is 0.0612 e. The van der Waals surface area contributed by atoms with Crippen molar-refractivity contribution < 1.29 is 5.11 Å². The molecule has 4 atom stereocenters. The van der Waals surface area contributed by atoms with Crippen molar-refractivity contribution in [3.63, 3.8) is 0 Å². The van der Waals surface area contributed by atoms with Gasteiger partial charge in [0.15, 0.2) is 0 Å². The van der Waals surface area contributed by atoms with Gasteiger partial charge in [-0.2, -0.15) is 11.8 Å². The molecule has 1 heterocycles. The van der Waals surface area contributed by atoms with Crippen molar-refractivity contribution in [2.45, 2.75) is 58.1 Å². The van der Waals surface area contributed by atoms with E-state index in [4.69, 9.17) is 0 Å². The molecule has 0 radical (unpaired) electrons. The number of aliphatic hydroxyl groups excluding tert-OH is 1. The first-order valence-electron chi connectivity index (χ1n) is 7.55. The second kappa shape index (κ2) is 4.68. The molecule has 2 bridgehead atoms. The normalized spacial score (nSPS) is 45.8. The number of hydrogen-bond acceptors (Lipinski definition) is 3. The van der Waals surface area contributed by atoms with E-state index in [9.17, 15) is 5.11 Å². The summed E-state index contributed by atoms with van der Waals surface area (Å²) in [6.07, 6.45) is 6.27. The van der Waals surface area contributed by atoms with E-state index in [0.717, 1.165) is 24.1 Å². The topological polar surface area (TPSA) is 32.3 Å². The van der Waals surface area contributed by atoms with Gasteiger partial charge in [0, 0.05) is 23.0 Å². The predicted molar refractivity (Wildman–Crippen MR) is 77.9 cm³/mol. The van der Waals surface area contributed by atoms with Gasteiger partial charge >= 0.3 is 0 Å². The van der Waals surface area contributed by atoms with E-state index in [1.165, 1.54) is 38.0 Å². The van der Waals surface area contributed by atoms with Crippen LogP contribution in [0.3, 0.4) is 0 Å². The summed E-state index contributed by atoms with van der Waals surface area (Å²) in [6.45, 7) is 6.00. The highest BCUT2D eigenvalue weighted by molar-refractivity contribution is 7.99. The molecule has 3 fully saturated rings. The standard InChI is InChI=1S/C15H27NOS/c1-14(2)11-5-6-15(14,13(17)8-11)10-18-9-12-4-3-7-16-12/h11-13,16-17H,3-10H2,1-2H3/t11-,12+,13?,15-/m1/s1.